The number of aryl methyl sites for hydroxylation is 3. The van der Waals surface area contributed by atoms with Gasteiger partial charge in [0.2, 0.25) is 6.41 Å². The van der Waals surface area contributed by atoms with Gasteiger partial charge in [0.05, 0.1) is 42.9 Å². The molecule has 13 heteroatoms. The number of pyridine rings is 3. The number of fused-ring (bicyclic) bond motifs is 1. The minimum absolute atomic E-state index is 0.109. The second kappa shape index (κ2) is 14.0. The van der Waals surface area contributed by atoms with E-state index in [0.717, 1.165) is 73.2 Å². The molecule has 1 atom stereocenters. The van der Waals surface area contributed by atoms with E-state index in [0.29, 0.717) is 47.4 Å². The molecule has 254 valence electrons. The lowest BCUT2D eigenvalue weighted by molar-refractivity contribution is -0.107. The van der Waals surface area contributed by atoms with Crippen LogP contribution in [0.2, 0.25) is 0 Å². The Morgan fingerprint density at radius 2 is 1.94 bits per heavy atom. The molecular formula is C36H40N8O4S. The van der Waals surface area contributed by atoms with Crippen molar-refractivity contribution in [3.8, 4) is 11.1 Å². The lowest BCUT2D eigenvalue weighted by atomic mass is 9.95. The van der Waals surface area contributed by atoms with E-state index in [1.807, 2.05) is 18.3 Å². The molecule has 12 nitrogen and oxygen atoms in total. The van der Waals surface area contributed by atoms with Crippen LogP contribution in [-0.4, -0.2) is 83.3 Å². The second-order valence-electron chi connectivity index (χ2n) is 12.9. The van der Waals surface area contributed by atoms with Gasteiger partial charge in [0, 0.05) is 66.0 Å². The molecule has 7 rings (SSSR count). The average molecular weight is 681 g/mol. The maximum Gasteiger partial charge on any atom is 0.274 e. The third-order valence-corrected chi connectivity index (χ3v) is 11.0. The van der Waals surface area contributed by atoms with Crippen LogP contribution in [-0.2, 0) is 29.4 Å². The van der Waals surface area contributed by atoms with Crippen LogP contribution in [0, 0.1) is 6.92 Å². The summed E-state index contributed by atoms with van der Waals surface area (Å²) in [5.41, 5.74) is 4.67. The molecule has 49 heavy (non-hydrogen) atoms. The summed E-state index contributed by atoms with van der Waals surface area (Å²) in [6.45, 7) is 8.78. The minimum atomic E-state index is -0.255. The number of hydrogen-bond donors (Lipinski definition) is 1. The first-order valence-electron chi connectivity index (χ1n) is 16.7. The fourth-order valence-corrected chi connectivity index (χ4v) is 8.25. The highest BCUT2D eigenvalue weighted by atomic mass is 32.1. The first-order chi connectivity index (χ1) is 23.8. The van der Waals surface area contributed by atoms with Crippen LogP contribution in [0.1, 0.15) is 51.0 Å². The lowest BCUT2D eigenvalue weighted by Gasteiger charge is -2.46. The predicted molar refractivity (Wildman–Crippen MR) is 193 cm³/mol. The highest BCUT2D eigenvalue weighted by Crippen LogP contribution is 2.34. The fourth-order valence-electron chi connectivity index (χ4n) is 7.01. The summed E-state index contributed by atoms with van der Waals surface area (Å²) >= 11 is 1.78. The monoisotopic (exact) mass is 680 g/mol. The number of hydrogen-bond acceptors (Lipinski definition) is 11. The number of nitrogens with one attached hydrogen (secondary N) is 1. The molecule has 0 radical (unpaired) electrons. The quantitative estimate of drug-likeness (QED) is 0.146. The number of anilines is 4. The van der Waals surface area contributed by atoms with Crippen LogP contribution in [0.4, 0.5) is 23.0 Å². The van der Waals surface area contributed by atoms with Gasteiger partial charge in [-0.1, -0.05) is 0 Å². The third kappa shape index (κ3) is 6.53. The molecule has 1 aliphatic carbocycles. The zero-order valence-electron chi connectivity index (χ0n) is 28.0. The summed E-state index contributed by atoms with van der Waals surface area (Å²) < 4.78 is 6.83. The first kappa shape index (κ1) is 32.8. The van der Waals surface area contributed by atoms with Crippen molar-refractivity contribution in [2.24, 2.45) is 12.1 Å². The number of rotatable bonds is 10. The predicted octanol–water partition coefficient (Wildman–Crippen LogP) is 4.55. The molecule has 1 N–H and O–H groups in total. The Bertz CT molecular complexity index is 1950. The van der Waals surface area contributed by atoms with Crippen LogP contribution in [0.25, 0.3) is 11.1 Å². The van der Waals surface area contributed by atoms with Crippen molar-refractivity contribution in [3.63, 3.8) is 0 Å². The van der Waals surface area contributed by atoms with E-state index in [-0.39, 0.29) is 16.9 Å². The molecule has 3 aliphatic rings. The van der Waals surface area contributed by atoms with Gasteiger partial charge in [-0.25, -0.2) is 9.97 Å². The molecule has 1 unspecified atom stereocenters. The highest BCUT2D eigenvalue weighted by Gasteiger charge is 2.32. The van der Waals surface area contributed by atoms with Gasteiger partial charge in [-0.05, 0) is 74.9 Å². The molecule has 2 aliphatic heterocycles. The van der Waals surface area contributed by atoms with Gasteiger partial charge in [-0.2, -0.15) is 10.1 Å². The molecule has 2 fully saturated rings. The van der Waals surface area contributed by atoms with Gasteiger partial charge in [-0.3, -0.25) is 19.3 Å². The van der Waals surface area contributed by atoms with Crippen molar-refractivity contribution in [1.82, 2.24) is 19.4 Å². The van der Waals surface area contributed by atoms with Crippen LogP contribution < -0.4 is 20.8 Å². The van der Waals surface area contributed by atoms with Crippen LogP contribution in [0.3, 0.4) is 0 Å². The number of aromatic nitrogens is 3. The Labute approximate surface area is 289 Å². The number of carbonyl (C=O) groups excluding carboxylic acids is 2. The number of hydrazone groups is 1. The standard InChI is InChI=1S/C36H40N8O4S/c1-23-17-42(27-20-48-21-27)12-13-43(23)26-8-9-34(38-15-26)40-32-14-25(18-41(3)36(32)47)28-10-11-37-35(31(28)19-45)44(22-46)39-16-30-24(2)49-33-7-5-4-6-29(30)33/h8-11,14-16,18-19,22-23,27H,4-7,12-13,17,20-21H2,1-3H3,(H,38,40)/b39-16-. The van der Waals surface area contributed by atoms with E-state index >= 15 is 0 Å². The number of aldehydes is 1. The lowest BCUT2D eigenvalue weighted by Crippen LogP contribution is -2.59. The SMILES string of the molecule is Cc1sc2c(c1/C=N\N(C=O)c1nccc(-c3cc(Nc4ccc(N5CCN(C6COC6)CC5C)cn4)c(=O)n(C)c3)c1C=O)CCCC2. The Kier molecular flexibility index (Phi) is 9.39. The van der Waals surface area contributed by atoms with Gasteiger partial charge in [0.15, 0.2) is 12.1 Å². The number of thiophene rings is 1. The van der Waals surface area contributed by atoms with Gasteiger partial charge < -0.3 is 19.5 Å². The number of piperazine rings is 1. The molecule has 0 aromatic carbocycles. The van der Waals surface area contributed by atoms with Crippen molar-refractivity contribution < 1.29 is 14.3 Å². The van der Waals surface area contributed by atoms with Gasteiger partial charge >= 0.3 is 0 Å². The van der Waals surface area contributed by atoms with Crippen LogP contribution in [0.15, 0.2) is 52.8 Å². The Balaban J connectivity index is 1.12. The normalized spacial score (nSPS) is 18.3. The molecule has 4 aromatic rings. The van der Waals surface area contributed by atoms with E-state index in [1.165, 1.54) is 27.6 Å². The fraction of sp³-hybridized carbons (Fsp3) is 0.389. The van der Waals surface area contributed by atoms with Crippen molar-refractivity contribution >= 4 is 53.3 Å². The Morgan fingerprint density at radius 1 is 1.10 bits per heavy atom. The zero-order chi connectivity index (χ0) is 34.1. The van der Waals surface area contributed by atoms with E-state index in [9.17, 15) is 14.4 Å². The molecule has 0 saturated carbocycles. The maximum atomic E-state index is 13.2. The van der Waals surface area contributed by atoms with Gasteiger partial charge in [0.1, 0.15) is 11.5 Å². The summed E-state index contributed by atoms with van der Waals surface area (Å²) in [5.74, 6) is 0.631. The van der Waals surface area contributed by atoms with Gasteiger partial charge in [0.25, 0.3) is 5.56 Å². The van der Waals surface area contributed by atoms with Crippen LogP contribution >= 0.6 is 11.3 Å². The van der Waals surface area contributed by atoms with Gasteiger partial charge in [-0.15, -0.1) is 11.3 Å². The average Bonchev–Trinajstić information content (AvgIpc) is 3.41. The summed E-state index contributed by atoms with van der Waals surface area (Å²) in [6.07, 6.45) is 12.3. The number of nitrogens with zero attached hydrogens (tertiary/aromatic N) is 7. The van der Waals surface area contributed by atoms with Crippen molar-refractivity contribution in [3.05, 3.63) is 79.7 Å². The summed E-state index contributed by atoms with van der Waals surface area (Å²) in [6, 6.07) is 8.12. The molecular weight excluding hydrogens is 641 g/mol. The van der Waals surface area contributed by atoms with Crippen molar-refractivity contribution in [2.45, 2.75) is 51.6 Å². The van der Waals surface area contributed by atoms with Crippen molar-refractivity contribution in [1.29, 1.82) is 0 Å². The molecule has 0 spiro atoms. The van der Waals surface area contributed by atoms with E-state index < -0.39 is 0 Å². The second-order valence-corrected chi connectivity index (χ2v) is 14.2. The molecule has 1 amide bonds. The Morgan fingerprint density at radius 3 is 2.65 bits per heavy atom. The first-order valence-corrected chi connectivity index (χ1v) is 17.5. The highest BCUT2D eigenvalue weighted by molar-refractivity contribution is 7.12. The largest absolute Gasteiger partial charge is 0.378 e. The topological polar surface area (TPSA) is 125 Å². The molecule has 6 heterocycles. The molecule has 0 bridgehead atoms. The number of amides is 1. The zero-order valence-corrected chi connectivity index (χ0v) is 28.8. The third-order valence-electron chi connectivity index (χ3n) is 9.75. The molecule has 2 saturated heterocycles. The number of ether oxygens (including phenoxy) is 1. The smallest absolute Gasteiger partial charge is 0.274 e. The van der Waals surface area contributed by atoms with E-state index in [2.05, 4.69) is 44.0 Å². The summed E-state index contributed by atoms with van der Waals surface area (Å²) in [7, 11) is 1.65. The summed E-state index contributed by atoms with van der Waals surface area (Å²) in [5, 5.41) is 8.74. The number of carbonyl (C=O) groups is 2. The maximum absolute atomic E-state index is 13.2. The van der Waals surface area contributed by atoms with Crippen LogP contribution in [0.5, 0.6) is 0 Å². The van der Waals surface area contributed by atoms with E-state index in [4.69, 9.17) is 4.74 Å². The van der Waals surface area contributed by atoms with E-state index in [1.54, 1.807) is 42.9 Å². The summed E-state index contributed by atoms with van der Waals surface area (Å²) in [4.78, 5) is 54.5. The molecule has 4 aromatic heterocycles. The van der Waals surface area contributed by atoms with Crippen molar-refractivity contribution in [2.75, 3.05) is 48.1 Å². The Hall–Kier alpha value is -4.72. The minimum Gasteiger partial charge on any atom is -0.378 e.